The fourth-order valence-corrected chi connectivity index (χ4v) is 5.86. The van der Waals surface area contributed by atoms with Crippen LogP contribution in [0.5, 0.6) is 0 Å². The van der Waals surface area contributed by atoms with E-state index in [0.29, 0.717) is 13.1 Å². The van der Waals surface area contributed by atoms with Crippen LogP contribution in [-0.4, -0.2) is 78.8 Å². The predicted molar refractivity (Wildman–Crippen MR) is 148 cm³/mol. The Morgan fingerprint density at radius 3 is 2.63 bits per heavy atom. The Labute approximate surface area is 223 Å². The number of likely N-dealkylation sites (N-methyl/N-ethyl adjacent to an activating group) is 1. The minimum absolute atomic E-state index is 0.0576. The number of urea groups is 1. The van der Waals surface area contributed by atoms with Crippen LogP contribution < -0.4 is 16.0 Å². The summed E-state index contributed by atoms with van der Waals surface area (Å²) in [6.45, 7) is 5.04. The van der Waals surface area contributed by atoms with Gasteiger partial charge in [-0.05, 0) is 41.8 Å². The normalized spacial score (nSPS) is 21.2. The number of rotatable bonds is 4. The quantitative estimate of drug-likeness (QED) is 0.553. The number of anilines is 2. The topological polar surface area (TPSA) is 99.9 Å². The Hall–Kier alpha value is -3.69. The molecule has 2 aromatic carbocycles. The van der Waals surface area contributed by atoms with E-state index in [1.807, 2.05) is 23.1 Å². The number of ether oxygens (including phenoxy) is 1. The monoisotopic (exact) mass is 513 g/mol. The molecular formula is C29H35N7O2. The van der Waals surface area contributed by atoms with E-state index < -0.39 is 0 Å². The molecular weight excluding hydrogens is 478 g/mol. The lowest BCUT2D eigenvalue weighted by Gasteiger charge is -2.33. The fraction of sp³-hybridized carbons (Fsp3) is 0.414. The Balaban J connectivity index is 1.20. The van der Waals surface area contributed by atoms with Crippen molar-refractivity contribution in [1.29, 1.82) is 0 Å². The van der Waals surface area contributed by atoms with Crippen molar-refractivity contribution in [1.82, 2.24) is 25.1 Å². The zero-order chi connectivity index (χ0) is 26.2. The maximum absolute atomic E-state index is 13.4. The number of methoxy groups -OCH3 is 1. The van der Waals surface area contributed by atoms with Gasteiger partial charge in [0.05, 0.1) is 17.8 Å². The highest BCUT2D eigenvalue weighted by Gasteiger charge is 2.35. The molecule has 3 aliphatic rings. The molecule has 2 aliphatic heterocycles. The van der Waals surface area contributed by atoms with Crippen LogP contribution in [0.2, 0.25) is 0 Å². The largest absolute Gasteiger partial charge is 0.379 e. The summed E-state index contributed by atoms with van der Waals surface area (Å²) in [6.07, 6.45) is 1.57. The number of nitrogens with zero attached hydrogens (tertiary/aromatic N) is 5. The van der Waals surface area contributed by atoms with Crippen LogP contribution >= 0.6 is 0 Å². The number of hydrogen-bond acceptors (Lipinski definition) is 7. The van der Waals surface area contributed by atoms with E-state index in [0.717, 1.165) is 67.2 Å². The number of carbonyl (C=O) groups is 1. The molecule has 3 heterocycles. The van der Waals surface area contributed by atoms with Gasteiger partial charge in [-0.2, -0.15) is 4.98 Å². The Kier molecular flexibility index (Phi) is 6.63. The van der Waals surface area contributed by atoms with Crippen LogP contribution in [0.3, 0.4) is 0 Å². The summed E-state index contributed by atoms with van der Waals surface area (Å²) in [7, 11) is 3.85. The van der Waals surface area contributed by atoms with Gasteiger partial charge < -0.3 is 30.5 Å². The molecule has 1 aliphatic carbocycles. The second-order valence-electron chi connectivity index (χ2n) is 10.5. The Bertz CT molecular complexity index is 1340. The molecule has 38 heavy (non-hydrogen) atoms. The van der Waals surface area contributed by atoms with E-state index in [2.05, 4.69) is 62.5 Å². The molecule has 1 fully saturated rings. The maximum atomic E-state index is 13.4. The Morgan fingerprint density at radius 2 is 1.82 bits per heavy atom. The molecule has 6 rings (SSSR count). The summed E-state index contributed by atoms with van der Waals surface area (Å²) in [6, 6.07) is 16.5. The third kappa shape index (κ3) is 4.79. The Morgan fingerprint density at radius 1 is 1.00 bits per heavy atom. The highest BCUT2D eigenvalue weighted by atomic mass is 16.5. The fourth-order valence-electron chi connectivity index (χ4n) is 5.86. The van der Waals surface area contributed by atoms with Gasteiger partial charge in [-0.3, -0.25) is 0 Å². The van der Waals surface area contributed by atoms with Crippen molar-refractivity contribution < 1.29 is 9.53 Å². The predicted octanol–water partition coefficient (Wildman–Crippen LogP) is 2.86. The lowest BCUT2D eigenvalue weighted by Crippen LogP contribution is -2.46. The molecule has 2 atom stereocenters. The SMILES string of the molecule is CO[C@@H]1Cc2ccccc2[C@@H]1NC(=O)N1CCc2ccc(-c3cc(N4CCN(C)CC4)nc(N)n3)cc2C1. The van der Waals surface area contributed by atoms with Crippen molar-refractivity contribution >= 4 is 17.8 Å². The number of nitrogens with two attached hydrogens (primary N) is 1. The number of fused-ring (bicyclic) bond motifs is 2. The number of nitrogens with one attached hydrogen (secondary N) is 1. The van der Waals surface area contributed by atoms with E-state index in [1.54, 1.807) is 7.11 Å². The second-order valence-corrected chi connectivity index (χ2v) is 10.5. The number of aromatic nitrogens is 2. The molecule has 1 saturated heterocycles. The van der Waals surface area contributed by atoms with E-state index in [9.17, 15) is 4.79 Å². The van der Waals surface area contributed by atoms with Crippen LogP contribution in [0, 0.1) is 0 Å². The van der Waals surface area contributed by atoms with Gasteiger partial charge in [0.2, 0.25) is 5.95 Å². The molecule has 3 N–H and O–H groups in total. The second kappa shape index (κ2) is 10.2. The first-order valence-corrected chi connectivity index (χ1v) is 13.3. The van der Waals surface area contributed by atoms with Crippen molar-refractivity contribution in [2.45, 2.75) is 31.5 Å². The highest BCUT2D eigenvalue weighted by molar-refractivity contribution is 5.76. The smallest absolute Gasteiger partial charge is 0.318 e. The summed E-state index contributed by atoms with van der Waals surface area (Å²) in [5.41, 5.74) is 12.7. The molecule has 1 aromatic heterocycles. The van der Waals surface area contributed by atoms with Gasteiger partial charge in [0.15, 0.2) is 0 Å². The number of nitrogen functional groups attached to an aromatic ring is 1. The molecule has 9 heteroatoms. The molecule has 0 radical (unpaired) electrons. The molecule has 9 nitrogen and oxygen atoms in total. The first kappa shape index (κ1) is 24.6. The van der Waals surface area contributed by atoms with Gasteiger partial charge in [-0.15, -0.1) is 0 Å². The standard InChI is InChI=1S/C29H35N7O2/c1-34-11-13-35(14-12-34)26-17-24(31-28(30)32-26)21-8-7-19-9-10-36(18-22(19)15-21)29(37)33-27-23-6-4-3-5-20(23)16-25(27)38-2/h3-8,15,17,25,27H,9-14,16,18H2,1-2H3,(H,33,37)(H2,30,31,32)/t25-,27+/m1/s1. The number of benzene rings is 2. The van der Waals surface area contributed by atoms with Gasteiger partial charge in [0.1, 0.15) is 5.82 Å². The average Bonchev–Trinajstić information content (AvgIpc) is 3.29. The van der Waals surface area contributed by atoms with Crippen molar-refractivity contribution in [3.63, 3.8) is 0 Å². The molecule has 198 valence electrons. The van der Waals surface area contributed by atoms with Crippen LogP contribution in [-0.2, 0) is 24.1 Å². The van der Waals surface area contributed by atoms with Crippen molar-refractivity contribution in [2.24, 2.45) is 0 Å². The summed E-state index contributed by atoms with van der Waals surface area (Å²) in [5, 5.41) is 3.25. The zero-order valence-electron chi connectivity index (χ0n) is 22.1. The van der Waals surface area contributed by atoms with Gasteiger partial charge in [0.25, 0.3) is 0 Å². The van der Waals surface area contributed by atoms with E-state index in [1.165, 1.54) is 11.1 Å². The summed E-state index contributed by atoms with van der Waals surface area (Å²) < 4.78 is 5.72. The van der Waals surface area contributed by atoms with Crippen LogP contribution in [0.4, 0.5) is 16.6 Å². The van der Waals surface area contributed by atoms with Crippen molar-refractivity contribution in [2.75, 3.05) is 57.5 Å². The van der Waals surface area contributed by atoms with Crippen molar-refractivity contribution in [3.05, 3.63) is 70.8 Å². The van der Waals surface area contributed by atoms with Gasteiger partial charge in [0, 0.05) is 64.4 Å². The van der Waals surface area contributed by atoms with Gasteiger partial charge in [-0.25, -0.2) is 9.78 Å². The first-order chi connectivity index (χ1) is 18.5. The molecule has 0 spiro atoms. The first-order valence-electron chi connectivity index (χ1n) is 13.3. The van der Waals surface area contributed by atoms with E-state index in [-0.39, 0.29) is 24.1 Å². The summed E-state index contributed by atoms with van der Waals surface area (Å²) >= 11 is 0. The number of carbonyl (C=O) groups excluding carboxylic acids is 1. The van der Waals surface area contributed by atoms with Crippen LogP contribution in [0.1, 0.15) is 28.3 Å². The molecule has 0 saturated carbocycles. The number of hydrogen-bond donors (Lipinski definition) is 2. The highest BCUT2D eigenvalue weighted by Crippen LogP contribution is 2.34. The zero-order valence-corrected chi connectivity index (χ0v) is 22.1. The minimum Gasteiger partial charge on any atom is -0.379 e. The molecule has 3 aromatic rings. The number of amides is 2. The lowest BCUT2D eigenvalue weighted by atomic mass is 9.96. The maximum Gasteiger partial charge on any atom is 0.318 e. The summed E-state index contributed by atoms with van der Waals surface area (Å²) in [5.74, 6) is 1.14. The molecule has 2 amide bonds. The van der Waals surface area contributed by atoms with Crippen molar-refractivity contribution in [3.8, 4) is 11.3 Å². The van der Waals surface area contributed by atoms with Crippen LogP contribution in [0.25, 0.3) is 11.3 Å². The summed E-state index contributed by atoms with van der Waals surface area (Å²) in [4.78, 5) is 28.9. The number of piperazine rings is 1. The van der Waals surface area contributed by atoms with E-state index >= 15 is 0 Å². The van der Waals surface area contributed by atoms with Gasteiger partial charge in [-0.1, -0.05) is 36.4 Å². The minimum atomic E-state index is -0.145. The third-order valence-electron chi connectivity index (χ3n) is 8.12. The van der Waals surface area contributed by atoms with Gasteiger partial charge >= 0.3 is 6.03 Å². The van der Waals surface area contributed by atoms with Crippen LogP contribution in [0.15, 0.2) is 48.5 Å². The molecule has 0 bridgehead atoms. The molecule has 0 unspecified atom stereocenters. The average molecular weight is 514 g/mol. The third-order valence-corrected chi connectivity index (χ3v) is 8.12. The lowest BCUT2D eigenvalue weighted by molar-refractivity contribution is 0.0783. The van der Waals surface area contributed by atoms with E-state index in [4.69, 9.17) is 10.5 Å².